The number of ether oxygens (including phenoxy) is 1. The quantitative estimate of drug-likeness (QED) is 0.583. The molecule has 0 saturated carbocycles. The maximum Gasteiger partial charge on any atom is 0.268 e. The van der Waals surface area contributed by atoms with Crippen LogP contribution in [0.5, 0.6) is 5.75 Å². The van der Waals surface area contributed by atoms with E-state index in [0.717, 1.165) is 27.4 Å². The first-order chi connectivity index (χ1) is 12.5. The zero-order valence-corrected chi connectivity index (χ0v) is 16.4. The molecule has 3 aromatic carbocycles. The molecule has 1 aliphatic rings. The Hall–Kier alpha value is -2.33. The van der Waals surface area contributed by atoms with Crippen LogP contribution in [0.1, 0.15) is 19.4 Å². The van der Waals surface area contributed by atoms with E-state index in [4.69, 9.17) is 4.74 Å². The standard InChI is InChI=1S/C22H20BrNO2/c1-14-11-18-5-3-4-6-21(18)24(14)22(25)15(2)26-20-10-8-16-12-19(23)9-7-17(16)13-20/h3-10,12-15H,11H2,1-2H3/t14-,15-/m0/s1. The number of halogens is 1. The first-order valence-corrected chi connectivity index (χ1v) is 9.59. The molecule has 1 aliphatic heterocycles. The van der Waals surface area contributed by atoms with E-state index >= 15 is 0 Å². The summed E-state index contributed by atoms with van der Waals surface area (Å²) in [6, 6.07) is 20.3. The second-order valence-corrected chi connectivity index (χ2v) is 7.72. The summed E-state index contributed by atoms with van der Waals surface area (Å²) >= 11 is 3.49. The van der Waals surface area contributed by atoms with Gasteiger partial charge in [0.1, 0.15) is 5.75 Å². The second kappa shape index (κ2) is 6.76. The van der Waals surface area contributed by atoms with Crippen molar-refractivity contribution < 1.29 is 9.53 Å². The Morgan fingerprint density at radius 1 is 1.12 bits per heavy atom. The molecule has 3 aromatic rings. The van der Waals surface area contributed by atoms with Crippen molar-refractivity contribution in [3.05, 3.63) is 70.7 Å². The van der Waals surface area contributed by atoms with Crippen LogP contribution in [0.3, 0.4) is 0 Å². The van der Waals surface area contributed by atoms with E-state index in [1.807, 2.05) is 60.4 Å². The van der Waals surface area contributed by atoms with E-state index in [9.17, 15) is 4.79 Å². The lowest BCUT2D eigenvalue weighted by Gasteiger charge is -2.26. The SMILES string of the molecule is C[C@H](Oc1ccc2cc(Br)ccc2c1)C(=O)N1c2ccccc2C[C@@H]1C. The third-order valence-corrected chi connectivity index (χ3v) is 5.37. The van der Waals surface area contributed by atoms with E-state index in [-0.39, 0.29) is 11.9 Å². The fourth-order valence-electron chi connectivity index (χ4n) is 3.62. The lowest BCUT2D eigenvalue weighted by molar-refractivity contribution is -0.124. The summed E-state index contributed by atoms with van der Waals surface area (Å²) in [6.07, 6.45) is 0.343. The highest BCUT2D eigenvalue weighted by molar-refractivity contribution is 9.10. The van der Waals surface area contributed by atoms with Crippen LogP contribution in [0.15, 0.2) is 65.1 Å². The summed E-state index contributed by atoms with van der Waals surface area (Å²) in [7, 11) is 0. The number of hydrogen-bond donors (Lipinski definition) is 0. The van der Waals surface area contributed by atoms with Crippen LogP contribution >= 0.6 is 15.9 Å². The highest BCUT2D eigenvalue weighted by Crippen LogP contribution is 2.33. The maximum absolute atomic E-state index is 13.0. The van der Waals surface area contributed by atoms with E-state index < -0.39 is 6.10 Å². The zero-order valence-electron chi connectivity index (χ0n) is 14.8. The van der Waals surface area contributed by atoms with Gasteiger partial charge < -0.3 is 9.64 Å². The fraction of sp³-hybridized carbons (Fsp3) is 0.227. The molecule has 0 radical (unpaired) electrons. The zero-order chi connectivity index (χ0) is 18.3. The summed E-state index contributed by atoms with van der Waals surface area (Å²) in [6.45, 7) is 3.90. The molecule has 0 aliphatic carbocycles. The minimum atomic E-state index is -0.545. The number of fused-ring (bicyclic) bond motifs is 2. The van der Waals surface area contributed by atoms with Crippen LogP contribution in [-0.4, -0.2) is 18.1 Å². The molecule has 0 fully saturated rings. The molecular formula is C22H20BrNO2. The third kappa shape index (κ3) is 3.10. The van der Waals surface area contributed by atoms with Gasteiger partial charge in [-0.05, 0) is 66.9 Å². The van der Waals surface area contributed by atoms with Crippen molar-refractivity contribution in [2.45, 2.75) is 32.4 Å². The minimum absolute atomic E-state index is 0.00152. The summed E-state index contributed by atoms with van der Waals surface area (Å²) < 4.78 is 7.03. The highest BCUT2D eigenvalue weighted by Gasteiger charge is 2.33. The second-order valence-electron chi connectivity index (χ2n) is 6.80. The molecule has 132 valence electrons. The lowest BCUT2D eigenvalue weighted by Crippen LogP contribution is -2.43. The fourth-order valence-corrected chi connectivity index (χ4v) is 4.00. The number of carbonyl (C=O) groups excluding carboxylic acids is 1. The Morgan fingerprint density at radius 3 is 2.69 bits per heavy atom. The number of para-hydroxylation sites is 1. The van der Waals surface area contributed by atoms with Crippen molar-refractivity contribution in [1.82, 2.24) is 0 Å². The average Bonchev–Trinajstić information content (AvgIpc) is 2.96. The molecule has 26 heavy (non-hydrogen) atoms. The molecule has 2 atom stereocenters. The first-order valence-electron chi connectivity index (χ1n) is 8.80. The molecule has 0 unspecified atom stereocenters. The van der Waals surface area contributed by atoms with Gasteiger partial charge in [-0.2, -0.15) is 0 Å². The predicted octanol–water partition coefficient (Wildman–Crippen LogP) is 5.35. The summed E-state index contributed by atoms with van der Waals surface area (Å²) in [4.78, 5) is 14.9. The molecule has 0 aromatic heterocycles. The number of rotatable bonds is 3. The normalized spacial score (nSPS) is 17.2. The Kier molecular flexibility index (Phi) is 4.45. The lowest BCUT2D eigenvalue weighted by atomic mass is 10.1. The number of hydrogen-bond acceptors (Lipinski definition) is 2. The van der Waals surface area contributed by atoms with Crippen LogP contribution < -0.4 is 9.64 Å². The van der Waals surface area contributed by atoms with Crippen LogP contribution in [0, 0.1) is 0 Å². The van der Waals surface area contributed by atoms with Crippen LogP contribution in [0.4, 0.5) is 5.69 Å². The van der Waals surface area contributed by atoms with Gasteiger partial charge >= 0.3 is 0 Å². The predicted molar refractivity (Wildman–Crippen MR) is 109 cm³/mol. The Balaban J connectivity index is 1.55. The van der Waals surface area contributed by atoms with E-state index in [2.05, 4.69) is 35.0 Å². The van der Waals surface area contributed by atoms with Crippen molar-refractivity contribution in [2.75, 3.05) is 4.90 Å². The van der Waals surface area contributed by atoms with Gasteiger partial charge in [-0.25, -0.2) is 0 Å². The third-order valence-electron chi connectivity index (χ3n) is 4.88. The molecule has 3 nitrogen and oxygen atoms in total. The van der Waals surface area contributed by atoms with Crippen molar-refractivity contribution in [3.8, 4) is 5.75 Å². The molecule has 0 spiro atoms. The smallest absolute Gasteiger partial charge is 0.268 e. The van der Waals surface area contributed by atoms with Crippen molar-refractivity contribution in [2.24, 2.45) is 0 Å². The molecule has 4 rings (SSSR count). The first kappa shape index (κ1) is 17.1. The van der Waals surface area contributed by atoms with E-state index in [1.54, 1.807) is 0 Å². The molecular weight excluding hydrogens is 390 g/mol. The summed E-state index contributed by atoms with van der Waals surface area (Å²) in [5.74, 6) is 0.708. The summed E-state index contributed by atoms with van der Waals surface area (Å²) in [5.41, 5.74) is 2.22. The van der Waals surface area contributed by atoms with Crippen LogP contribution in [0.2, 0.25) is 0 Å². The topological polar surface area (TPSA) is 29.5 Å². The average molecular weight is 410 g/mol. The molecule has 0 bridgehead atoms. The van der Waals surface area contributed by atoms with Crippen LogP contribution in [0.25, 0.3) is 10.8 Å². The minimum Gasteiger partial charge on any atom is -0.481 e. The number of amides is 1. The maximum atomic E-state index is 13.0. The molecule has 4 heteroatoms. The highest BCUT2D eigenvalue weighted by atomic mass is 79.9. The van der Waals surface area contributed by atoms with Gasteiger partial charge in [-0.1, -0.05) is 46.3 Å². The molecule has 1 amide bonds. The number of benzene rings is 3. The molecule has 0 saturated heterocycles. The molecule has 0 N–H and O–H groups in total. The monoisotopic (exact) mass is 409 g/mol. The van der Waals surface area contributed by atoms with Crippen molar-refractivity contribution >= 4 is 38.3 Å². The number of carbonyl (C=O) groups is 1. The summed E-state index contributed by atoms with van der Waals surface area (Å²) in [5, 5.41) is 2.22. The van der Waals surface area contributed by atoms with E-state index in [1.165, 1.54) is 5.56 Å². The van der Waals surface area contributed by atoms with Gasteiger partial charge in [0.25, 0.3) is 5.91 Å². The Bertz CT molecular complexity index is 985. The number of anilines is 1. The van der Waals surface area contributed by atoms with Gasteiger partial charge in [0.2, 0.25) is 0 Å². The van der Waals surface area contributed by atoms with Gasteiger partial charge in [0.15, 0.2) is 6.10 Å². The molecule has 1 heterocycles. The van der Waals surface area contributed by atoms with Gasteiger partial charge in [0, 0.05) is 16.2 Å². The van der Waals surface area contributed by atoms with Crippen molar-refractivity contribution in [1.29, 1.82) is 0 Å². The number of nitrogens with zero attached hydrogens (tertiary/aromatic N) is 1. The van der Waals surface area contributed by atoms with E-state index in [0.29, 0.717) is 5.75 Å². The van der Waals surface area contributed by atoms with Gasteiger partial charge in [-0.15, -0.1) is 0 Å². The van der Waals surface area contributed by atoms with Crippen molar-refractivity contribution in [3.63, 3.8) is 0 Å². The van der Waals surface area contributed by atoms with Crippen LogP contribution in [-0.2, 0) is 11.2 Å². The largest absolute Gasteiger partial charge is 0.481 e. The Labute approximate surface area is 161 Å². The van der Waals surface area contributed by atoms with Gasteiger partial charge in [-0.3, -0.25) is 4.79 Å². The Morgan fingerprint density at radius 2 is 1.85 bits per heavy atom. The van der Waals surface area contributed by atoms with Gasteiger partial charge in [0.05, 0.1) is 0 Å².